The third-order valence-corrected chi connectivity index (χ3v) is 5.90. The summed E-state index contributed by atoms with van der Waals surface area (Å²) < 4.78 is 15.9. The normalized spacial score (nSPS) is 14.3. The number of hydrogen-bond donors (Lipinski definition) is 0. The van der Waals surface area contributed by atoms with Crippen molar-refractivity contribution in [3.8, 4) is 11.5 Å². The Bertz CT molecular complexity index is 667. The van der Waals surface area contributed by atoms with E-state index >= 15 is 0 Å². The average Bonchev–Trinajstić information content (AvgIpc) is 2.94. The van der Waals surface area contributed by atoms with Crippen molar-refractivity contribution in [3.63, 3.8) is 0 Å². The second-order valence-corrected chi connectivity index (χ2v) is 8.42. The smallest absolute Gasteiger partial charge is 0.155 e. The van der Waals surface area contributed by atoms with E-state index in [9.17, 15) is 0 Å². The van der Waals surface area contributed by atoms with Gasteiger partial charge in [0.25, 0.3) is 0 Å². The van der Waals surface area contributed by atoms with Crippen LogP contribution in [-0.4, -0.2) is 0 Å². The van der Waals surface area contributed by atoms with E-state index in [1.54, 1.807) is 0 Å². The predicted molar refractivity (Wildman–Crippen MR) is 106 cm³/mol. The van der Waals surface area contributed by atoms with Gasteiger partial charge in [0, 0.05) is 12.8 Å². The van der Waals surface area contributed by atoms with Gasteiger partial charge in [-0.05, 0) is 94.4 Å². The minimum Gasteiger partial charge on any atom is -0.456 e. The molecule has 3 rings (SSSR count). The molecule has 0 atom stereocenters. The van der Waals surface area contributed by atoms with Gasteiger partial charge in [-0.15, -0.1) is 0 Å². The molecule has 1 aliphatic carbocycles. The molecule has 0 fully saturated rings. The van der Waals surface area contributed by atoms with Crippen LogP contribution in [0.5, 0.6) is 11.5 Å². The third kappa shape index (κ3) is 4.03. The monoisotopic (exact) mass is 564 g/mol. The van der Waals surface area contributed by atoms with Crippen LogP contribution in [0, 0.1) is 0 Å². The summed E-state index contributed by atoms with van der Waals surface area (Å²) in [4.78, 5) is 0. The minimum atomic E-state index is 0.775. The molecule has 0 amide bonds. The highest BCUT2D eigenvalue weighted by Crippen LogP contribution is 2.40. The van der Waals surface area contributed by atoms with Gasteiger partial charge in [-0.1, -0.05) is 12.1 Å². The standard InChI is InChI=1S/C17H12Br4O2/c18-10-4-1-5-11(19)16(10)22-14-8-3-9-15(14)23-17-12(20)6-2-7-13(17)21/h1-2,4-7H,3,8-9H2. The molecule has 0 saturated carbocycles. The summed E-state index contributed by atoms with van der Waals surface area (Å²) in [6.45, 7) is 0. The lowest BCUT2D eigenvalue weighted by molar-refractivity contribution is 0.345. The van der Waals surface area contributed by atoms with E-state index in [2.05, 4.69) is 63.7 Å². The number of rotatable bonds is 4. The van der Waals surface area contributed by atoms with Crippen LogP contribution in [0.2, 0.25) is 0 Å². The molecule has 0 spiro atoms. The van der Waals surface area contributed by atoms with Crippen molar-refractivity contribution in [2.24, 2.45) is 0 Å². The first-order valence-electron chi connectivity index (χ1n) is 7.02. The van der Waals surface area contributed by atoms with E-state index in [1.807, 2.05) is 36.4 Å². The Labute approximate surface area is 168 Å². The van der Waals surface area contributed by atoms with Gasteiger partial charge in [0.15, 0.2) is 11.5 Å². The summed E-state index contributed by atoms with van der Waals surface area (Å²) in [5.74, 6) is 3.30. The van der Waals surface area contributed by atoms with Crippen LogP contribution in [-0.2, 0) is 0 Å². The maximum Gasteiger partial charge on any atom is 0.155 e. The lowest BCUT2D eigenvalue weighted by atomic mass is 10.3. The van der Waals surface area contributed by atoms with E-state index in [-0.39, 0.29) is 0 Å². The van der Waals surface area contributed by atoms with Crippen molar-refractivity contribution in [3.05, 3.63) is 65.8 Å². The summed E-state index contributed by atoms with van der Waals surface area (Å²) in [5, 5.41) is 0. The van der Waals surface area contributed by atoms with E-state index in [4.69, 9.17) is 9.47 Å². The van der Waals surface area contributed by atoms with Gasteiger partial charge in [-0.25, -0.2) is 0 Å². The van der Waals surface area contributed by atoms with Crippen molar-refractivity contribution in [2.45, 2.75) is 19.3 Å². The fraction of sp³-hybridized carbons (Fsp3) is 0.176. The molecule has 2 aromatic rings. The molecule has 2 nitrogen and oxygen atoms in total. The van der Waals surface area contributed by atoms with Crippen molar-refractivity contribution in [1.29, 1.82) is 0 Å². The molecule has 23 heavy (non-hydrogen) atoms. The number of para-hydroxylation sites is 2. The first-order chi connectivity index (χ1) is 11.1. The molecule has 0 radical (unpaired) electrons. The highest BCUT2D eigenvalue weighted by molar-refractivity contribution is 9.11. The number of halogens is 4. The molecular weight excluding hydrogens is 556 g/mol. The Morgan fingerprint density at radius 3 is 1.30 bits per heavy atom. The molecule has 0 unspecified atom stereocenters. The third-order valence-electron chi connectivity index (χ3n) is 3.41. The molecule has 1 aliphatic rings. The molecule has 6 heteroatoms. The van der Waals surface area contributed by atoms with E-state index in [0.29, 0.717) is 0 Å². The zero-order chi connectivity index (χ0) is 16.4. The number of hydrogen-bond acceptors (Lipinski definition) is 2. The largest absolute Gasteiger partial charge is 0.456 e. The first kappa shape index (κ1) is 17.5. The predicted octanol–water partition coefficient (Wildman–Crippen LogP) is 7.59. The average molecular weight is 568 g/mol. The Morgan fingerprint density at radius 2 is 0.957 bits per heavy atom. The second-order valence-electron chi connectivity index (χ2n) is 5.01. The quantitative estimate of drug-likeness (QED) is 0.379. The maximum absolute atomic E-state index is 6.13. The molecule has 0 aliphatic heterocycles. The highest BCUT2D eigenvalue weighted by atomic mass is 79.9. The van der Waals surface area contributed by atoms with Crippen LogP contribution >= 0.6 is 63.7 Å². The van der Waals surface area contributed by atoms with Gasteiger partial charge in [0.05, 0.1) is 17.9 Å². The first-order valence-corrected chi connectivity index (χ1v) is 10.2. The van der Waals surface area contributed by atoms with Crippen LogP contribution < -0.4 is 9.47 Å². The van der Waals surface area contributed by atoms with Gasteiger partial charge in [-0.2, -0.15) is 0 Å². The van der Waals surface area contributed by atoms with E-state index in [0.717, 1.165) is 60.2 Å². The molecule has 0 saturated heterocycles. The molecule has 0 heterocycles. The number of allylic oxidation sites excluding steroid dienone is 2. The molecule has 120 valence electrons. The van der Waals surface area contributed by atoms with Crippen LogP contribution in [0.25, 0.3) is 0 Å². The van der Waals surface area contributed by atoms with Crippen molar-refractivity contribution < 1.29 is 9.47 Å². The summed E-state index contributed by atoms with van der Waals surface area (Å²) in [6, 6.07) is 11.8. The van der Waals surface area contributed by atoms with Gasteiger partial charge in [-0.3, -0.25) is 0 Å². The summed E-state index contributed by atoms with van der Waals surface area (Å²) in [6.07, 6.45) is 2.76. The van der Waals surface area contributed by atoms with Crippen molar-refractivity contribution >= 4 is 63.7 Å². The van der Waals surface area contributed by atoms with Gasteiger partial charge >= 0.3 is 0 Å². The van der Waals surface area contributed by atoms with Crippen LogP contribution in [0.4, 0.5) is 0 Å². The highest BCUT2D eigenvalue weighted by Gasteiger charge is 2.22. The second kappa shape index (κ2) is 7.72. The summed E-state index contributed by atoms with van der Waals surface area (Å²) in [7, 11) is 0. The summed E-state index contributed by atoms with van der Waals surface area (Å²) in [5.41, 5.74) is 0. The van der Waals surface area contributed by atoms with Gasteiger partial charge < -0.3 is 9.47 Å². The fourth-order valence-electron chi connectivity index (χ4n) is 2.31. The molecule has 0 N–H and O–H groups in total. The molecular formula is C17H12Br4O2. The van der Waals surface area contributed by atoms with Gasteiger partial charge in [0.1, 0.15) is 11.5 Å². The SMILES string of the molecule is Brc1cccc(Br)c1OC1=C(Oc2c(Br)cccc2Br)CCC1. The van der Waals surface area contributed by atoms with E-state index < -0.39 is 0 Å². The lowest BCUT2D eigenvalue weighted by Crippen LogP contribution is -2.02. The Hall–Kier alpha value is -0.300. The number of benzene rings is 2. The van der Waals surface area contributed by atoms with Gasteiger partial charge in [0.2, 0.25) is 0 Å². The topological polar surface area (TPSA) is 18.5 Å². The van der Waals surface area contributed by atoms with Crippen molar-refractivity contribution in [1.82, 2.24) is 0 Å². The fourth-order valence-corrected chi connectivity index (χ4v) is 4.63. The zero-order valence-corrected chi connectivity index (χ0v) is 18.3. The number of ether oxygens (including phenoxy) is 2. The Morgan fingerprint density at radius 1 is 0.609 bits per heavy atom. The molecule has 0 bridgehead atoms. The Balaban J connectivity index is 1.90. The van der Waals surface area contributed by atoms with Crippen molar-refractivity contribution in [2.75, 3.05) is 0 Å². The van der Waals surface area contributed by atoms with Crippen LogP contribution in [0.15, 0.2) is 65.8 Å². The molecule has 0 aromatic heterocycles. The lowest BCUT2D eigenvalue weighted by Gasteiger charge is -2.15. The maximum atomic E-state index is 6.13. The van der Waals surface area contributed by atoms with E-state index in [1.165, 1.54) is 0 Å². The van der Waals surface area contributed by atoms with Crippen LogP contribution in [0.1, 0.15) is 19.3 Å². The Kier molecular flexibility index (Phi) is 5.88. The summed E-state index contributed by atoms with van der Waals surface area (Å²) >= 11 is 14.1. The van der Waals surface area contributed by atoms with Crippen LogP contribution in [0.3, 0.4) is 0 Å². The minimum absolute atomic E-state index is 0.775. The molecule has 2 aromatic carbocycles. The zero-order valence-electron chi connectivity index (χ0n) is 11.9.